The van der Waals surface area contributed by atoms with E-state index in [2.05, 4.69) is 4.90 Å². The zero-order valence-electron chi connectivity index (χ0n) is 11.9. The molecule has 1 heterocycles. The number of rotatable bonds is 3. The first kappa shape index (κ1) is 14.8. The van der Waals surface area contributed by atoms with Crippen molar-refractivity contribution >= 4 is 34.8 Å². The van der Waals surface area contributed by atoms with Crippen LogP contribution in [0.2, 0.25) is 0 Å². The first-order valence-electron chi connectivity index (χ1n) is 7.07. The molecular formula is C15H18Cl2N2O2. The van der Waals surface area contributed by atoms with Gasteiger partial charge in [-0.3, -0.25) is 4.79 Å². The Hall–Kier alpha value is -1.13. The highest BCUT2D eigenvalue weighted by Gasteiger charge is 2.57. The summed E-state index contributed by atoms with van der Waals surface area (Å²) in [6.45, 7) is 2.96. The van der Waals surface area contributed by atoms with Crippen LogP contribution in [0.15, 0.2) is 24.3 Å². The Morgan fingerprint density at radius 1 is 1.24 bits per heavy atom. The number of anilines is 1. The highest BCUT2D eigenvalue weighted by Crippen LogP contribution is 2.54. The first-order chi connectivity index (χ1) is 10.0. The Kier molecular flexibility index (Phi) is 3.93. The molecule has 0 aromatic heterocycles. The molecule has 1 saturated carbocycles. The van der Waals surface area contributed by atoms with E-state index in [1.165, 1.54) is 0 Å². The van der Waals surface area contributed by atoms with E-state index >= 15 is 0 Å². The summed E-state index contributed by atoms with van der Waals surface area (Å²) in [5.41, 5.74) is 1.07. The predicted octanol–water partition coefficient (Wildman–Crippen LogP) is 2.54. The SMILES string of the molecule is COc1ccccc1N1CCN(C(=O)[C@@H]2CC2(Cl)Cl)CC1. The van der Waals surface area contributed by atoms with Crippen LogP contribution in [0.4, 0.5) is 5.69 Å². The molecule has 114 valence electrons. The number of para-hydroxylation sites is 2. The smallest absolute Gasteiger partial charge is 0.228 e. The number of nitrogens with zero attached hydrogens (tertiary/aromatic N) is 2. The molecule has 1 aromatic rings. The second kappa shape index (κ2) is 5.58. The van der Waals surface area contributed by atoms with Crippen LogP contribution in [0, 0.1) is 5.92 Å². The molecule has 1 aromatic carbocycles. The summed E-state index contributed by atoms with van der Waals surface area (Å²) in [5, 5.41) is 0. The van der Waals surface area contributed by atoms with Crippen molar-refractivity contribution in [3.8, 4) is 5.75 Å². The molecule has 2 aliphatic rings. The minimum Gasteiger partial charge on any atom is -0.495 e. The second-order valence-corrected chi connectivity index (χ2v) is 7.04. The van der Waals surface area contributed by atoms with Gasteiger partial charge in [0.2, 0.25) is 5.91 Å². The van der Waals surface area contributed by atoms with Gasteiger partial charge in [-0.15, -0.1) is 23.2 Å². The molecule has 0 unspecified atom stereocenters. The van der Waals surface area contributed by atoms with E-state index in [0.29, 0.717) is 19.5 Å². The average molecular weight is 329 g/mol. The molecule has 1 saturated heterocycles. The third-order valence-electron chi connectivity index (χ3n) is 4.14. The third kappa shape index (κ3) is 2.92. The molecule has 6 heteroatoms. The first-order valence-corrected chi connectivity index (χ1v) is 7.83. The largest absolute Gasteiger partial charge is 0.495 e. The van der Waals surface area contributed by atoms with Crippen molar-refractivity contribution in [2.45, 2.75) is 10.8 Å². The lowest BCUT2D eigenvalue weighted by atomic mass is 10.2. The van der Waals surface area contributed by atoms with Gasteiger partial charge in [0.1, 0.15) is 10.1 Å². The van der Waals surface area contributed by atoms with Crippen molar-refractivity contribution in [2.24, 2.45) is 5.92 Å². The van der Waals surface area contributed by atoms with Crippen molar-refractivity contribution in [3.05, 3.63) is 24.3 Å². The monoisotopic (exact) mass is 328 g/mol. The van der Waals surface area contributed by atoms with Crippen LogP contribution < -0.4 is 9.64 Å². The molecule has 0 bridgehead atoms. The van der Waals surface area contributed by atoms with Crippen molar-refractivity contribution in [1.82, 2.24) is 4.90 Å². The van der Waals surface area contributed by atoms with Crippen molar-refractivity contribution < 1.29 is 9.53 Å². The summed E-state index contributed by atoms with van der Waals surface area (Å²) in [4.78, 5) is 16.4. The zero-order valence-corrected chi connectivity index (χ0v) is 13.4. The van der Waals surface area contributed by atoms with E-state index < -0.39 is 4.33 Å². The number of carbonyl (C=O) groups excluding carboxylic acids is 1. The van der Waals surface area contributed by atoms with Gasteiger partial charge in [0.05, 0.1) is 18.7 Å². The molecule has 0 radical (unpaired) electrons. The fraction of sp³-hybridized carbons (Fsp3) is 0.533. The van der Waals surface area contributed by atoms with Crippen LogP contribution in [0.25, 0.3) is 0 Å². The van der Waals surface area contributed by atoms with Crippen LogP contribution in [0.1, 0.15) is 6.42 Å². The number of piperazine rings is 1. The fourth-order valence-electron chi connectivity index (χ4n) is 2.76. The Morgan fingerprint density at radius 2 is 1.86 bits per heavy atom. The maximum absolute atomic E-state index is 12.3. The van der Waals surface area contributed by atoms with Crippen LogP contribution in [-0.4, -0.2) is 48.4 Å². The minimum absolute atomic E-state index is 0.0830. The minimum atomic E-state index is -0.836. The lowest BCUT2D eigenvalue weighted by Crippen LogP contribution is -2.49. The molecule has 0 spiro atoms. The second-order valence-electron chi connectivity index (χ2n) is 5.50. The van der Waals surface area contributed by atoms with Crippen LogP contribution in [0.3, 0.4) is 0 Å². The number of alkyl halides is 2. The van der Waals surface area contributed by atoms with E-state index in [-0.39, 0.29) is 11.8 Å². The normalized spacial score (nSPS) is 23.9. The van der Waals surface area contributed by atoms with Gasteiger partial charge in [-0.05, 0) is 18.6 Å². The maximum atomic E-state index is 12.3. The number of halogens is 2. The summed E-state index contributed by atoms with van der Waals surface area (Å²) in [6, 6.07) is 7.94. The van der Waals surface area contributed by atoms with Gasteiger partial charge >= 0.3 is 0 Å². The number of hydrogen-bond donors (Lipinski definition) is 0. The van der Waals surface area contributed by atoms with Gasteiger partial charge in [0.15, 0.2) is 0 Å². The highest BCUT2D eigenvalue weighted by atomic mass is 35.5. The Balaban J connectivity index is 1.62. The van der Waals surface area contributed by atoms with Crippen molar-refractivity contribution in [2.75, 3.05) is 38.2 Å². The topological polar surface area (TPSA) is 32.8 Å². The number of carbonyl (C=O) groups is 1. The van der Waals surface area contributed by atoms with Gasteiger partial charge in [-0.25, -0.2) is 0 Å². The van der Waals surface area contributed by atoms with Gasteiger partial charge in [-0.1, -0.05) is 12.1 Å². The van der Waals surface area contributed by atoms with Crippen molar-refractivity contribution in [3.63, 3.8) is 0 Å². The Morgan fingerprint density at radius 3 is 2.43 bits per heavy atom. The molecule has 1 aliphatic carbocycles. The molecule has 2 fully saturated rings. The van der Waals surface area contributed by atoms with E-state index in [9.17, 15) is 4.79 Å². The Bertz CT molecular complexity index is 542. The summed E-state index contributed by atoms with van der Waals surface area (Å²) in [7, 11) is 1.67. The number of hydrogen-bond acceptors (Lipinski definition) is 3. The lowest BCUT2D eigenvalue weighted by molar-refractivity contribution is -0.132. The summed E-state index contributed by atoms with van der Waals surface area (Å²) < 4.78 is 4.55. The molecule has 1 amide bonds. The van der Waals surface area contributed by atoms with Gasteiger partial charge in [0, 0.05) is 26.2 Å². The van der Waals surface area contributed by atoms with Crippen LogP contribution >= 0.6 is 23.2 Å². The number of benzene rings is 1. The quantitative estimate of drug-likeness (QED) is 0.799. The number of methoxy groups -OCH3 is 1. The standard InChI is InChI=1S/C15H18Cl2N2O2/c1-21-13-5-3-2-4-12(13)18-6-8-19(9-7-18)14(20)11-10-15(11,16)17/h2-5,11H,6-10H2,1H3/t11-/m0/s1. The van der Waals surface area contributed by atoms with E-state index in [4.69, 9.17) is 27.9 Å². The molecule has 1 atom stereocenters. The number of amides is 1. The predicted molar refractivity (Wildman–Crippen MR) is 84.3 cm³/mol. The zero-order chi connectivity index (χ0) is 15.0. The maximum Gasteiger partial charge on any atom is 0.228 e. The van der Waals surface area contributed by atoms with Crippen LogP contribution in [0.5, 0.6) is 5.75 Å². The summed E-state index contributed by atoms with van der Waals surface area (Å²) >= 11 is 12.0. The summed E-state index contributed by atoms with van der Waals surface area (Å²) in [6.07, 6.45) is 0.571. The lowest BCUT2D eigenvalue weighted by Gasteiger charge is -2.36. The number of ether oxygens (including phenoxy) is 1. The molecular weight excluding hydrogens is 311 g/mol. The van der Waals surface area contributed by atoms with Gasteiger partial charge in [0.25, 0.3) is 0 Å². The molecule has 1 aliphatic heterocycles. The molecule has 21 heavy (non-hydrogen) atoms. The molecule has 4 nitrogen and oxygen atoms in total. The molecule has 0 N–H and O–H groups in total. The van der Waals surface area contributed by atoms with E-state index in [1.807, 2.05) is 29.2 Å². The third-order valence-corrected chi connectivity index (χ3v) is 4.98. The summed E-state index contributed by atoms with van der Waals surface area (Å²) in [5.74, 6) is 0.721. The Labute approximate surface area is 134 Å². The fourth-order valence-corrected chi connectivity index (χ4v) is 3.26. The van der Waals surface area contributed by atoms with E-state index in [0.717, 1.165) is 24.5 Å². The molecule has 3 rings (SSSR count). The van der Waals surface area contributed by atoms with Gasteiger partial charge < -0.3 is 14.5 Å². The average Bonchev–Trinajstić information content (AvgIpc) is 3.15. The van der Waals surface area contributed by atoms with Gasteiger partial charge in [-0.2, -0.15) is 0 Å². The van der Waals surface area contributed by atoms with Crippen LogP contribution in [-0.2, 0) is 4.79 Å². The highest BCUT2D eigenvalue weighted by molar-refractivity contribution is 6.52. The van der Waals surface area contributed by atoms with E-state index in [1.54, 1.807) is 7.11 Å². The van der Waals surface area contributed by atoms with Crippen molar-refractivity contribution in [1.29, 1.82) is 0 Å².